The van der Waals surface area contributed by atoms with Gasteiger partial charge in [0.1, 0.15) is 5.82 Å². The van der Waals surface area contributed by atoms with Gasteiger partial charge in [-0.1, -0.05) is 12.1 Å². The van der Waals surface area contributed by atoms with E-state index in [9.17, 15) is 9.18 Å². The van der Waals surface area contributed by atoms with Crippen LogP contribution in [-0.2, 0) is 4.79 Å². The van der Waals surface area contributed by atoms with E-state index in [0.717, 1.165) is 5.56 Å². The Morgan fingerprint density at radius 2 is 2.27 bits per heavy atom. The van der Waals surface area contributed by atoms with Crippen molar-refractivity contribution < 1.29 is 14.3 Å². The first-order chi connectivity index (χ1) is 7.18. The Bertz CT molecular complexity index is 381. The topological polar surface area (TPSA) is 49.3 Å². The molecule has 80 valence electrons. The molecule has 0 amide bonds. The molecule has 1 aromatic carbocycles. The molecule has 0 bridgehead atoms. The summed E-state index contributed by atoms with van der Waals surface area (Å²) in [7, 11) is 0. The molecule has 1 saturated heterocycles. The van der Waals surface area contributed by atoms with Crippen LogP contribution in [0.1, 0.15) is 11.5 Å². The number of carboxylic acids is 1. The molecular weight excluding hydrogens is 197 g/mol. The van der Waals surface area contributed by atoms with Crippen LogP contribution in [0.5, 0.6) is 0 Å². The van der Waals surface area contributed by atoms with Gasteiger partial charge >= 0.3 is 5.97 Å². The third kappa shape index (κ3) is 1.99. The van der Waals surface area contributed by atoms with Crippen molar-refractivity contribution in [3.8, 4) is 0 Å². The highest BCUT2D eigenvalue weighted by Crippen LogP contribution is 2.28. The smallest absolute Gasteiger partial charge is 0.308 e. The summed E-state index contributed by atoms with van der Waals surface area (Å²) in [6.07, 6.45) is 0. The number of halogens is 1. The summed E-state index contributed by atoms with van der Waals surface area (Å²) in [6.45, 7) is 1.05. The first kappa shape index (κ1) is 10.1. The molecule has 2 rings (SSSR count). The lowest BCUT2D eigenvalue weighted by molar-refractivity contribution is -0.141. The summed E-state index contributed by atoms with van der Waals surface area (Å²) < 4.78 is 13.0. The van der Waals surface area contributed by atoms with Crippen LogP contribution in [-0.4, -0.2) is 24.2 Å². The van der Waals surface area contributed by atoms with E-state index in [1.807, 2.05) is 0 Å². The highest BCUT2D eigenvalue weighted by Gasteiger charge is 2.33. The highest BCUT2D eigenvalue weighted by atomic mass is 19.1. The van der Waals surface area contributed by atoms with Gasteiger partial charge in [0.15, 0.2) is 0 Å². The Hall–Kier alpha value is -1.42. The van der Waals surface area contributed by atoms with Gasteiger partial charge < -0.3 is 10.4 Å². The van der Waals surface area contributed by atoms with Crippen molar-refractivity contribution in [1.29, 1.82) is 0 Å². The molecule has 4 heteroatoms. The fourth-order valence-corrected chi connectivity index (χ4v) is 2.03. The Labute approximate surface area is 86.9 Å². The first-order valence-electron chi connectivity index (χ1n) is 4.87. The van der Waals surface area contributed by atoms with E-state index in [1.165, 1.54) is 12.1 Å². The number of carboxylic acid groups (broad SMARTS) is 1. The molecule has 0 aromatic heterocycles. The predicted octanol–water partition coefficient (Wildman–Crippen LogP) is 1.21. The molecular formula is C11H12FNO2. The normalized spacial score (nSPS) is 25.4. The molecule has 0 spiro atoms. The van der Waals surface area contributed by atoms with Crippen LogP contribution in [0.25, 0.3) is 0 Å². The Morgan fingerprint density at radius 3 is 2.93 bits per heavy atom. The maximum atomic E-state index is 13.0. The summed E-state index contributed by atoms with van der Waals surface area (Å²) in [6, 6.07) is 6.16. The van der Waals surface area contributed by atoms with Gasteiger partial charge in [0.05, 0.1) is 5.92 Å². The first-order valence-corrected chi connectivity index (χ1v) is 4.87. The minimum Gasteiger partial charge on any atom is -0.481 e. The maximum absolute atomic E-state index is 13.0. The van der Waals surface area contributed by atoms with Gasteiger partial charge in [0.25, 0.3) is 0 Å². The summed E-state index contributed by atoms with van der Waals surface area (Å²) in [5.74, 6) is -1.72. The zero-order valence-electron chi connectivity index (χ0n) is 8.11. The van der Waals surface area contributed by atoms with Crippen LogP contribution in [0, 0.1) is 11.7 Å². The minimum atomic E-state index is -0.825. The summed E-state index contributed by atoms with van der Waals surface area (Å²) in [5.41, 5.74) is 0.757. The van der Waals surface area contributed by atoms with Gasteiger partial charge in [-0.2, -0.15) is 0 Å². The van der Waals surface area contributed by atoms with Crippen molar-refractivity contribution in [2.45, 2.75) is 5.92 Å². The van der Waals surface area contributed by atoms with E-state index in [-0.39, 0.29) is 11.7 Å². The quantitative estimate of drug-likeness (QED) is 0.769. The molecule has 0 aliphatic carbocycles. The number of carbonyl (C=O) groups is 1. The fourth-order valence-electron chi connectivity index (χ4n) is 2.03. The lowest BCUT2D eigenvalue weighted by atomic mass is 9.89. The van der Waals surface area contributed by atoms with E-state index in [4.69, 9.17) is 5.11 Å². The molecule has 1 heterocycles. The molecule has 0 unspecified atom stereocenters. The van der Waals surface area contributed by atoms with E-state index in [1.54, 1.807) is 12.1 Å². The molecule has 1 aliphatic rings. The second-order valence-corrected chi connectivity index (χ2v) is 3.76. The van der Waals surface area contributed by atoms with Crippen LogP contribution in [0.15, 0.2) is 24.3 Å². The van der Waals surface area contributed by atoms with Crippen molar-refractivity contribution in [2.75, 3.05) is 13.1 Å². The average molecular weight is 209 g/mol. The van der Waals surface area contributed by atoms with Gasteiger partial charge in [0.2, 0.25) is 0 Å². The largest absolute Gasteiger partial charge is 0.481 e. The molecule has 15 heavy (non-hydrogen) atoms. The monoisotopic (exact) mass is 209 g/mol. The Kier molecular flexibility index (Phi) is 2.68. The zero-order valence-corrected chi connectivity index (χ0v) is 8.11. The van der Waals surface area contributed by atoms with Crippen LogP contribution in [0.3, 0.4) is 0 Å². The highest BCUT2D eigenvalue weighted by molar-refractivity contribution is 5.72. The van der Waals surface area contributed by atoms with E-state index in [0.29, 0.717) is 13.1 Å². The minimum absolute atomic E-state index is 0.127. The van der Waals surface area contributed by atoms with Gasteiger partial charge in [-0.05, 0) is 17.7 Å². The number of aliphatic carboxylic acids is 1. The molecule has 2 N–H and O–H groups in total. The molecule has 0 radical (unpaired) electrons. The summed E-state index contributed by atoms with van der Waals surface area (Å²) in [5, 5.41) is 12.0. The third-order valence-corrected chi connectivity index (χ3v) is 2.81. The zero-order chi connectivity index (χ0) is 10.8. The van der Waals surface area contributed by atoms with Crippen molar-refractivity contribution in [2.24, 2.45) is 5.92 Å². The predicted molar refractivity (Wildman–Crippen MR) is 53.1 cm³/mol. The second-order valence-electron chi connectivity index (χ2n) is 3.76. The molecule has 2 atom stereocenters. The third-order valence-electron chi connectivity index (χ3n) is 2.81. The second kappa shape index (κ2) is 3.98. The molecule has 3 nitrogen and oxygen atoms in total. The standard InChI is InChI=1S/C11H12FNO2/c12-8-3-1-2-7(4-8)9-5-13-6-10(9)11(14)15/h1-4,9-10,13H,5-6H2,(H,14,15)/t9-,10+/m0/s1. The van der Waals surface area contributed by atoms with Crippen molar-refractivity contribution in [3.05, 3.63) is 35.6 Å². The van der Waals surface area contributed by atoms with Crippen LogP contribution < -0.4 is 5.32 Å². The SMILES string of the molecule is O=C(O)[C@@H]1CNC[C@H]1c1cccc(F)c1. The van der Waals surface area contributed by atoms with Crippen LogP contribution in [0.2, 0.25) is 0 Å². The van der Waals surface area contributed by atoms with Crippen molar-refractivity contribution >= 4 is 5.97 Å². The molecule has 1 aromatic rings. The van der Waals surface area contributed by atoms with E-state index in [2.05, 4.69) is 5.32 Å². The van der Waals surface area contributed by atoms with Crippen LogP contribution in [0.4, 0.5) is 4.39 Å². The lowest BCUT2D eigenvalue weighted by Gasteiger charge is -2.14. The Balaban J connectivity index is 2.26. The number of rotatable bonds is 2. The molecule has 1 aliphatic heterocycles. The summed E-state index contributed by atoms with van der Waals surface area (Å²) in [4.78, 5) is 10.9. The molecule has 0 saturated carbocycles. The number of nitrogens with one attached hydrogen (secondary N) is 1. The van der Waals surface area contributed by atoms with Gasteiger partial charge in [-0.15, -0.1) is 0 Å². The Morgan fingerprint density at radius 1 is 1.47 bits per heavy atom. The average Bonchev–Trinajstić information content (AvgIpc) is 2.65. The maximum Gasteiger partial charge on any atom is 0.308 e. The van der Waals surface area contributed by atoms with Gasteiger partial charge in [0, 0.05) is 19.0 Å². The van der Waals surface area contributed by atoms with Gasteiger partial charge in [-0.3, -0.25) is 4.79 Å². The van der Waals surface area contributed by atoms with Crippen LogP contribution >= 0.6 is 0 Å². The van der Waals surface area contributed by atoms with Crippen molar-refractivity contribution in [1.82, 2.24) is 5.32 Å². The van der Waals surface area contributed by atoms with Gasteiger partial charge in [-0.25, -0.2) is 4.39 Å². The van der Waals surface area contributed by atoms with E-state index < -0.39 is 11.9 Å². The number of hydrogen-bond donors (Lipinski definition) is 2. The van der Waals surface area contributed by atoms with E-state index >= 15 is 0 Å². The summed E-state index contributed by atoms with van der Waals surface area (Å²) >= 11 is 0. The lowest BCUT2D eigenvalue weighted by Crippen LogP contribution is -2.21. The molecule has 1 fully saturated rings. The number of hydrogen-bond acceptors (Lipinski definition) is 2. The fraction of sp³-hybridized carbons (Fsp3) is 0.364. The van der Waals surface area contributed by atoms with Crippen molar-refractivity contribution in [3.63, 3.8) is 0 Å². The number of benzene rings is 1.